The summed E-state index contributed by atoms with van der Waals surface area (Å²) in [6, 6.07) is 8.00. The zero-order chi connectivity index (χ0) is 26.1. The number of fused-ring (bicyclic) bond motifs is 1. The van der Waals surface area contributed by atoms with Crippen LogP contribution in [0.3, 0.4) is 0 Å². The predicted molar refractivity (Wildman–Crippen MR) is 125 cm³/mol. The second kappa shape index (κ2) is 9.99. The Hall–Kier alpha value is -1.90. The molecule has 0 aromatic heterocycles. The molecule has 0 N–H and O–H groups in total. The predicted octanol–water partition coefficient (Wildman–Crippen LogP) is 3.35. The molecule has 2 aromatic rings. The van der Waals surface area contributed by atoms with E-state index in [0.29, 0.717) is 15.4 Å². The van der Waals surface area contributed by atoms with Gasteiger partial charge in [-0.25, -0.2) is 25.3 Å². The van der Waals surface area contributed by atoms with Gasteiger partial charge in [0.05, 0.1) is 4.90 Å². The van der Waals surface area contributed by atoms with E-state index in [1.54, 1.807) is 25.1 Å². The first kappa shape index (κ1) is 28.3. The van der Waals surface area contributed by atoms with E-state index in [1.165, 1.54) is 38.1 Å². The Morgan fingerprint density at radius 3 is 1.79 bits per heavy atom. The summed E-state index contributed by atoms with van der Waals surface area (Å²) < 4.78 is 116. The number of rotatable bonds is 10. The van der Waals surface area contributed by atoms with Gasteiger partial charge >= 0.3 is 5.51 Å². The molecule has 0 amide bonds. The number of hydrogen-bond donors (Lipinski definition) is 0. The summed E-state index contributed by atoms with van der Waals surface area (Å²) in [6.07, 6.45) is 0.275. The zero-order valence-corrected chi connectivity index (χ0v) is 21.5. The summed E-state index contributed by atoms with van der Waals surface area (Å²) >= 11 is 0. The Morgan fingerprint density at radius 1 is 0.824 bits per heavy atom. The number of sulfonamides is 1. The maximum absolute atomic E-state index is 13.6. The molecule has 0 saturated heterocycles. The van der Waals surface area contributed by atoms with Gasteiger partial charge in [0.25, 0.3) is 13.8 Å². The quantitative estimate of drug-likeness (QED) is 0.451. The van der Waals surface area contributed by atoms with E-state index in [4.69, 9.17) is 0 Å². The fraction of sp³-hybridized carbons (Fsp3) is 0.500. The van der Waals surface area contributed by atoms with Crippen LogP contribution in [0.1, 0.15) is 26.7 Å². The SMILES string of the molecule is CCCN(CCC)S(=O)(=O)C(S(=O)(=O)c1cccc2c(N(C)C)cccc12)S(=O)(=O)C(F)(F)F. The molecule has 192 valence electrons. The monoisotopic (exact) mass is 544 g/mol. The molecule has 0 aliphatic heterocycles. The first-order chi connectivity index (χ1) is 15.5. The van der Waals surface area contributed by atoms with Crippen LogP contribution in [-0.2, 0) is 29.7 Å². The maximum Gasteiger partial charge on any atom is 0.499 e. The van der Waals surface area contributed by atoms with Crippen molar-refractivity contribution in [3.8, 4) is 0 Å². The van der Waals surface area contributed by atoms with Crippen LogP contribution in [0.15, 0.2) is 41.3 Å². The van der Waals surface area contributed by atoms with Crippen LogP contribution in [0.25, 0.3) is 10.8 Å². The minimum absolute atomic E-state index is 0.0937. The van der Waals surface area contributed by atoms with Gasteiger partial charge in [-0.2, -0.15) is 17.5 Å². The highest BCUT2D eigenvalue weighted by molar-refractivity contribution is 8.23. The molecule has 1 atom stereocenters. The molecule has 2 aromatic carbocycles. The van der Waals surface area contributed by atoms with E-state index < -0.39 is 44.0 Å². The Kier molecular flexibility index (Phi) is 8.33. The molecule has 1 unspecified atom stereocenters. The maximum atomic E-state index is 13.6. The molecule has 0 aliphatic carbocycles. The molecule has 34 heavy (non-hydrogen) atoms. The molecular formula is C20H27F3N2O6S3. The van der Waals surface area contributed by atoms with E-state index in [1.807, 2.05) is 0 Å². The third kappa shape index (κ3) is 5.04. The highest BCUT2D eigenvalue weighted by Crippen LogP contribution is 2.39. The summed E-state index contributed by atoms with van der Waals surface area (Å²) in [7, 11) is -14.5. The van der Waals surface area contributed by atoms with Gasteiger partial charge in [0.15, 0.2) is 0 Å². The lowest BCUT2D eigenvalue weighted by Gasteiger charge is -2.27. The lowest BCUT2D eigenvalue weighted by molar-refractivity contribution is -0.0434. The second-order valence-electron chi connectivity index (χ2n) is 7.79. The number of halogens is 3. The highest BCUT2D eigenvalue weighted by Gasteiger charge is 2.62. The van der Waals surface area contributed by atoms with Gasteiger partial charge < -0.3 is 4.90 Å². The van der Waals surface area contributed by atoms with Gasteiger partial charge in [-0.1, -0.05) is 38.1 Å². The van der Waals surface area contributed by atoms with Gasteiger partial charge in [-0.3, -0.25) is 0 Å². The fourth-order valence-corrected chi connectivity index (χ4v) is 11.8. The number of sulfone groups is 2. The molecule has 0 saturated carbocycles. The topological polar surface area (TPSA) is 109 Å². The van der Waals surface area contributed by atoms with Crippen molar-refractivity contribution in [3.63, 3.8) is 0 Å². The molecule has 0 aliphatic rings. The van der Waals surface area contributed by atoms with Crippen LogP contribution >= 0.6 is 0 Å². The van der Waals surface area contributed by atoms with E-state index >= 15 is 0 Å². The summed E-state index contributed by atoms with van der Waals surface area (Å²) in [6.45, 7) is 2.40. The van der Waals surface area contributed by atoms with Crippen LogP contribution in [0.2, 0.25) is 0 Å². The molecule has 0 heterocycles. The summed E-state index contributed by atoms with van der Waals surface area (Å²) in [4.78, 5) is 0.812. The van der Waals surface area contributed by atoms with Crippen molar-refractivity contribution in [3.05, 3.63) is 36.4 Å². The minimum Gasteiger partial charge on any atom is -0.377 e. The molecule has 14 heteroatoms. The van der Waals surface area contributed by atoms with Crippen molar-refractivity contribution < 1.29 is 38.4 Å². The van der Waals surface area contributed by atoms with Gasteiger partial charge in [0, 0.05) is 43.6 Å². The number of anilines is 1. The Labute approximate surface area is 198 Å². The van der Waals surface area contributed by atoms with Gasteiger partial charge in [-0.05, 0) is 25.0 Å². The Morgan fingerprint density at radius 2 is 1.32 bits per heavy atom. The van der Waals surface area contributed by atoms with E-state index in [2.05, 4.69) is 0 Å². The molecule has 0 bridgehead atoms. The van der Waals surface area contributed by atoms with E-state index in [9.17, 15) is 38.4 Å². The second-order valence-corrected chi connectivity index (χ2v) is 14.7. The third-order valence-corrected chi connectivity index (χ3v) is 13.7. The van der Waals surface area contributed by atoms with E-state index in [0.717, 1.165) is 6.07 Å². The first-order valence-corrected chi connectivity index (χ1v) is 14.9. The van der Waals surface area contributed by atoms with Crippen molar-refractivity contribution in [2.24, 2.45) is 0 Å². The lowest BCUT2D eigenvalue weighted by Crippen LogP contribution is -2.51. The van der Waals surface area contributed by atoms with Crippen LogP contribution in [0.4, 0.5) is 18.9 Å². The van der Waals surface area contributed by atoms with Crippen molar-refractivity contribution in [2.75, 3.05) is 32.1 Å². The standard InChI is InChI=1S/C20H27F3N2O6S3/c1-5-13-25(14-6-2)34(30,31)19(33(28,29)20(21,22)23)32(26,27)18-12-8-9-15-16(18)10-7-11-17(15)24(3)4/h7-12,19H,5-6,13-14H2,1-4H3. The Balaban J connectivity index is 2.98. The number of alkyl halides is 3. The largest absolute Gasteiger partial charge is 0.499 e. The molecule has 2 rings (SSSR count). The molecule has 8 nitrogen and oxygen atoms in total. The van der Waals surface area contributed by atoms with Crippen LogP contribution < -0.4 is 4.90 Å². The van der Waals surface area contributed by atoms with Gasteiger partial charge in [0.1, 0.15) is 0 Å². The summed E-state index contributed by atoms with van der Waals surface area (Å²) in [5, 5.41) is 0.205. The lowest BCUT2D eigenvalue weighted by atomic mass is 10.1. The summed E-state index contributed by atoms with van der Waals surface area (Å²) in [5.41, 5.74) is -5.62. The number of nitrogens with zero attached hydrogens (tertiary/aromatic N) is 2. The molecular weight excluding hydrogens is 517 g/mol. The van der Waals surface area contributed by atoms with Crippen LogP contribution in [0, 0.1) is 0 Å². The van der Waals surface area contributed by atoms with Crippen LogP contribution in [-0.4, -0.2) is 66.2 Å². The average molecular weight is 545 g/mol. The minimum atomic E-state index is -6.71. The smallest absolute Gasteiger partial charge is 0.377 e. The van der Waals surface area contributed by atoms with Crippen molar-refractivity contribution in [1.82, 2.24) is 4.31 Å². The van der Waals surface area contributed by atoms with Crippen molar-refractivity contribution in [1.29, 1.82) is 0 Å². The van der Waals surface area contributed by atoms with Gasteiger partial charge in [0.2, 0.25) is 19.9 Å². The normalized spacial score (nSPS) is 14.5. The summed E-state index contributed by atoms with van der Waals surface area (Å²) in [5.74, 6) is 0. The Bertz CT molecular complexity index is 1350. The van der Waals surface area contributed by atoms with Crippen LogP contribution in [0.5, 0.6) is 0 Å². The first-order valence-electron chi connectivity index (χ1n) is 10.3. The number of benzene rings is 2. The van der Waals surface area contributed by atoms with Gasteiger partial charge in [-0.15, -0.1) is 0 Å². The number of hydrogen-bond acceptors (Lipinski definition) is 7. The third-order valence-electron chi connectivity index (χ3n) is 5.03. The molecule has 0 fully saturated rings. The molecule has 0 spiro atoms. The molecule has 0 radical (unpaired) electrons. The van der Waals surface area contributed by atoms with Crippen molar-refractivity contribution >= 4 is 46.2 Å². The highest BCUT2D eigenvalue weighted by atomic mass is 32.3. The average Bonchev–Trinajstić information content (AvgIpc) is 2.71. The van der Waals surface area contributed by atoms with E-state index in [-0.39, 0.29) is 31.3 Å². The fourth-order valence-electron chi connectivity index (χ4n) is 3.59. The zero-order valence-electron chi connectivity index (χ0n) is 19.1. The van der Waals surface area contributed by atoms with Crippen molar-refractivity contribution in [2.45, 2.75) is 41.0 Å².